The lowest BCUT2D eigenvalue weighted by atomic mass is 10.1. The molecular formula is C22H18N2O5S. The highest BCUT2D eigenvalue weighted by Gasteiger charge is 2.12. The number of nitro benzene ring substituents is 1. The molecule has 0 bridgehead atoms. The van der Waals surface area contributed by atoms with E-state index < -0.39 is 10.8 Å². The molecule has 1 N–H and O–H groups in total. The van der Waals surface area contributed by atoms with Crippen molar-refractivity contribution in [3.05, 3.63) is 94.0 Å². The lowest BCUT2D eigenvalue weighted by Crippen LogP contribution is -2.12. The van der Waals surface area contributed by atoms with Gasteiger partial charge in [-0.2, -0.15) is 0 Å². The molecule has 7 nitrogen and oxygen atoms in total. The maximum absolute atomic E-state index is 12.4. The summed E-state index contributed by atoms with van der Waals surface area (Å²) in [4.78, 5) is 36.0. The van der Waals surface area contributed by atoms with Crippen LogP contribution in [0.15, 0.2) is 77.7 Å². The summed E-state index contributed by atoms with van der Waals surface area (Å²) in [5.74, 6) is 0.366. The third-order valence-electron chi connectivity index (χ3n) is 4.17. The van der Waals surface area contributed by atoms with Gasteiger partial charge in [0.1, 0.15) is 5.75 Å². The molecule has 0 saturated carbocycles. The summed E-state index contributed by atoms with van der Waals surface area (Å²) in [7, 11) is 1.55. The summed E-state index contributed by atoms with van der Waals surface area (Å²) in [6.07, 6.45) is 0. The smallest absolute Gasteiger partial charge is 0.270 e. The van der Waals surface area contributed by atoms with Gasteiger partial charge in [0, 0.05) is 33.8 Å². The van der Waals surface area contributed by atoms with Crippen molar-refractivity contribution in [3.63, 3.8) is 0 Å². The molecule has 3 aromatic carbocycles. The molecule has 0 radical (unpaired) electrons. The number of carbonyl (C=O) groups excluding carboxylic acids is 2. The van der Waals surface area contributed by atoms with E-state index in [-0.39, 0.29) is 22.8 Å². The van der Waals surface area contributed by atoms with E-state index in [9.17, 15) is 19.7 Å². The van der Waals surface area contributed by atoms with Crippen LogP contribution in [0.1, 0.15) is 20.7 Å². The molecule has 152 valence electrons. The molecule has 3 aromatic rings. The number of nitro groups is 1. The molecule has 0 aliphatic heterocycles. The number of thioether (sulfide) groups is 1. The topological polar surface area (TPSA) is 98.5 Å². The first kappa shape index (κ1) is 21.1. The minimum absolute atomic E-state index is 0.0371. The Hall–Kier alpha value is -3.65. The summed E-state index contributed by atoms with van der Waals surface area (Å²) in [5.41, 5.74) is 1.14. The second-order valence-electron chi connectivity index (χ2n) is 6.23. The Balaban J connectivity index is 1.64. The van der Waals surface area contributed by atoms with E-state index in [2.05, 4.69) is 5.32 Å². The monoisotopic (exact) mass is 422 g/mol. The Morgan fingerprint density at radius 1 is 1.00 bits per heavy atom. The van der Waals surface area contributed by atoms with Crippen LogP contribution in [0.5, 0.6) is 5.75 Å². The van der Waals surface area contributed by atoms with Crippen molar-refractivity contribution < 1.29 is 19.2 Å². The summed E-state index contributed by atoms with van der Waals surface area (Å²) in [5, 5.41) is 13.6. The number of rotatable bonds is 8. The second-order valence-corrected chi connectivity index (χ2v) is 7.28. The predicted octanol–water partition coefficient (Wildman–Crippen LogP) is 4.83. The lowest BCUT2D eigenvalue weighted by Gasteiger charge is -2.08. The fourth-order valence-electron chi connectivity index (χ4n) is 2.66. The van der Waals surface area contributed by atoms with Gasteiger partial charge in [-0.05, 0) is 36.4 Å². The number of methoxy groups -OCH3 is 1. The standard InChI is InChI=1S/C22H18N2O5S/c1-29-19-9-3-5-15(12-19)21(25)14-30-20-10-4-7-17(13-20)23-22(26)16-6-2-8-18(11-16)24(27)28/h2-13H,14H2,1H3,(H,23,26). The number of ether oxygens (including phenoxy) is 1. The van der Waals surface area contributed by atoms with Crippen LogP contribution in [0.3, 0.4) is 0 Å². The molecule has 30 heavy (non-hydrogen) atoms. The van der Waals surface area contributed by atoms with Crippen LogP contribution < -0.4 is 10.1 Å². The van der Waals surface area contributed by atoms with Crippen LogP contribution in [0.25, 0.3) is 0 Å². The average molecular weight is 422 g/mol. The summed E-state index contributed by atoms with van der Waals surface area (Å²) < 4.78 is 5.14. The molecule has 0 saturated heterocycles. The van der Waals surface area contributed by atoms with E-state index in [4.69, 9.17) is 4.74 Å². The van der Waals surface area contributed by atoms with Gasteiger partial charge in [-0.15, -0.1) is 11.8 Å². The van der Waals surface area contributed by atoms with Crippen molar-refractivity contribution in [2.45, 2.75) is 4.90 Å². The zero-order chi connectivity index (χ0) is 21.5. The van der Waals surface area contributed by atoms with Crippen LogP contribution in [0.4, 0.5) is 11.4 Å². The zero-order valence-corrected chi connectivity index (χ0v) is 16.8. The Morgan fingerprint density at radius 3 is 2.50 bits per heavy atom. The van der Waals surface area contributed by atoms with E-state index in [1.165, 1.54) is 36.0 Å². The normalized spacial score (nSPS) is 10.3. The molecule has 0 aliphatic rings. The molecule has 0 fully saturated rings. The number of anilines is 1. The molecule has 0 spiro atoms. The molecule has 0 aromatic heterocycles. The molecule has 0 heterocycles. The number of ketones is 1. The zero-order valence-electron chi connectivity index (χ0n) is 16.0. The van der Waals surface area contributed by atoms with Crippen LogP contribution in [-0.2, 0) is 0 Å². The van der Waals surface area contributed by atoms with Gasteiger partial charge in [0.15, 0.2) is 5.78 Å². The van der Waals surface area contributed by atoms with Gasteiger partial charge < -0.3 is 10.1 Å². The highest BCUT2D eigenvalue weighted by molar-refractivity contribution is 8.00. The van der Waals surface area contributed by atoms with Gasteiger partial charge in [-0.1, -0.05) is 24.3 Å². The van der Waals surface area contributed by atoms with Crippen LogP contribution >= 0.6 is 11.8 Å². The highest BCUT2D eigenvalue weighted by Crippen LogP contribution is 2.24. The first-order valence-electron chi connectivity index (χ1n) is 8.92. The van der Waals surface area contributed by atoms with Gasteiger partial charge in [-0.25, -0.2) is 0 Å². The Morgan fingerprint density at radius 2 is 1.73 bits per heavy atom. The maximum atomic E-state index is 12.4. The van der Waals surface area contributed by atoms with Crippen LogP contribution in [0, 0.1) is 10.1 Å². The first-order chi connectivity index (χ1) is 14.5. The molecule has 1 amide bonds. The molecule has 3 rings (SSSR count). The van der Waals surface area contributed by atoms with E-state index in [0.717, 1.165) is 4.90 Å². The van der Waals surface area contributed by atoms with Gasteiger partial charge in [0.2, 0.25) is 0 Å². The number of carbonyl (C=O) groups is 2. The lowest BCUT2D eigenvalue weighted by molar-refractivity contribution is -0.384. The minimum atomic E-state index is -0.548. The number of benzene rings is 3. The number of nitrogens with one attached hydrogen (secondary N) is 1. The average Bonchev–Trinajstić information content (AvgIpc) is 2.77. The van der Waals surface area contributed by atoms with Crippen molar-refractivity contribution in [1.29, 1.82) is 0 Å². The Kier molecular flexibility index (Phi) is 6.82. The summed E-state index contributed by atoms with van der Waals surface area (Å²) in [6, 6.07) is 19.6. The first-order valence-corrected chi connectivity index (χ1v) is 9.91. The molecule has 8 heteroatoms. The minimum Gasteiger partial charge on any atom is -0.497 e. The van der Waals surface area contributed by atoms with Gasteiger partial charge in [0.25, 0.3) is 11.6 Å². The fraction of sp³-hybridized carbons (Fsp3) is 0.0909. The largest absolute Gasteiger partial charge is 0.497 e. The van der Waals surface area contributed by atoms with E-state index in [1.807, 2.05) is 6.07 Å². The third-order valence-corrected chi connectivity index (χ3v) is 5.17. The van der Waals surface area contributed by atoms with E-state index in [1.54, 1.807) is 49.6 Å². The number of Topliss-reactive ketones (excluding diaryl/α,β-unsaturated/α-hetero) is 1. The van der Waals surface area contributed by atoms with Crippen LogP contribution in [0.2, 0.25) is 0 Å². The quantitative estimate of drug-likeness (QED) is 0.242. The molecular weight excluding hydrogens is 404 g/mol. The molecule has 0 unspecified atom stereocenters. The van der Waals surface area contributed by atoms with Gasteiger partial charge >= 0.3 is 0 Å². The predicted molar refractivity (Wildman–Crippen MR) is 116 cm³/mol. The highest BCUT2D eigenvalue weighted by atomic mass is 32.2. The third kappa shape index (κ3) is 5.45. The van der Waals surface area contributed by atoms with E-state index >= 15 is 0 Å². The number of amides is 1. The second kappa shape index (κ2) is 9.71. The Bertz CT molecular complexity index is 1100. The fourth-order valence-corrected chi connectivity index (χ4v) is 3.51. The number of nitrogens with zero attached hydrogens (tertiary/aromatic N) is 1. The summed E-state index contributed by atoms with van der Waals surface area (Å²) >= 11 is 1.35. The van der Waals surface area contributed by atoms with Crippen molar-refractivity contribution in [2.24, 2.45) is 0 Å². The van der Waals surface area contributed by atoms with Gasteiger partial charge in [0.05, 0.1) is 17.8 Å². The number of non-ortho nitro benzene ring substituents is 1. The SMILES string of the molecule is COc1cccc(C(=O)CSc2cccc(NC(=O)c3cccc([N+](=O)[O-])c3)c2)c1. The summed E-state index contributed by atoms with van der Waals surface area (Å²) in [6.45, 7) is 0. The number of hydrogen-bond donors (Lipinski definition) is 1. The van der Waals surface area contributed by atoms with Crippen molar-refractivity contribution in [3.8, 4) is 5.75 Å². The van der Waals surface area contributed by atoms with E-state index in [0.29, 0.717) is 17.0 Å². The van der Waals surface area contributed by atoms with Gasteiger partial charge in [-0.3, -0.25) is 19.7 Å². The molecule has 0 aliphatic carbocycles. The maximum Gasteiger partial charge on any atom is 0.270 e. The van der Waals surface area contributed by atoms with Crippen molar-refractivity contribution >= 4 is 34.8 Å². The van der Waals surface area contributed by atoms with Crippen molar-refractivity contribution in [2.75, 3.05) is 18.2 Å². The van der Waals surface area contributed by atoms with Crippen LogP contribution in [-0.4, -0.2) is 29.5 Å². The Labute approximate surface area is 177 Å². The van der Waals surface area contributed by atoms with Crippen molar-refractivity contribution in [1.82, 2.24) is 0 Å². The number of hydrogen-bond acceptors (Lipinski definition) is 6. The molecule has 0 atom stereocenters.